The van der Waals surface area contributed by atoms with E-state index in [1.54, 1.807) is 6.92 Å². The van der Waals surface area contributed by atoms with Crippen molar-refractivity contribution in [1.82, 2.24) is 0 Å². The predicted octanol–water partition coefficient (Wildman–Crippen LogP) is 2.30. The van der Waals surface area contributed by atoms with E-state index in [-0.39, 0.29) is 24.6 Å². The Labute approximate surface area is 177 Å². The van der Waals surface area contributed by atoms with E-state index in [1.807, 2.05) is 0 Å². The van der Waals surface area contributed by atoms with Crippen molar-refractivity contribution < 1.29 is 37.7 Å². The molecular weight excluding hydrogens is 429 g/mol. The van der Waals surface area contributed by atoms with E-state index >= 15 is 0 Å². The highest BCUT2D eigenvalue weighted by atomic mass is 35.5. The Balaban J connectivity index is 3.10. The lowest BCUT2D eigenvalue weighted by atomic mass is 10.2. The third kappa shape index (κ3) is 8.99. The second-order valence-electron chi connectivity index (χ2n) is 5.86. The minimum absolute atomic E-state index is 0.0897. The molecule has 0 spiro atoms. The van der Waals surface area contributed by atoms with Gasteiger partial charge in [0.05, 0.1) is 5.02 Å². The molecule has 0 fully saturated rings. The highest BCUT2D eigenvalue weighted by molar-refractivity contribution is 7.99. The van der Waals surface area contributed by atoms with Crippen molar-refractivity contribution in [2.24, 2.45) is 5.73 Å². The van der Waals surface area contributed by atoms with Crippen LogP contribution >= 0.6 is 23.4 Å². The molecule has 2 N–H and O–H groups in total. The van der Waals surface area contributed by atoms with Crippen LogP contribution in [-0.4, -0.2) is 55.3 Å². The summed E-state index contributed by atoms with van der Waals surface area (Å²) in [4.78, 5) is 33.9. The molecule has 162 valence electrons. The van der Waals surface area contributed by atoms with Gasteiger partial charge in [0, 0.05) is 25.3 Å². The minimum atomic E-state index is -0.898. The van der Waals surface area contributed by atoms with E-state index in [9.17, 15) is 18.8 Å². The van der Waals surface area contributed by atoms with E-state index in [1.165, 1.54) is 32.0 Å². The molecule has 0 aliphatic rings. The number of ether oxygens (including phenoxy) is 4. The number of hydrogen-bond acceptors (Lipinski definition) is 9. The van der Waals surface area contributed by atoms with E-state index in [0.29, 0.717) is 4.90 Å². The van der Waals surface area contributed by atoms with Gasteiger partial charge in [-0.3, -0.25) is 14.4 Å². The summed E-state index contributed by atoms with van der Waals surface area (Å²) in [5.41, 5.74) is 4.79. The van der Waals surface area contributed by atoms with Crippen molar-refractivity contribution in [3.63, 3.8) is 0 Å². The number of thioether (sulfide) groups is 1. The summed E-state index contributed by atoms with van der Waals surface area (Å²) in [5, 5.41) is -0.0981. The molecule has 0 radical (unpaired) electrons. The highest BCUT2D eigenvalue weighted by Gasteiger charge is 2.32. The Bertz CT molecular complexity index is 709. The quantitative estimate of drug-likeness (QED) is 0.168. The number of carbonyl (C=O) groups is 3. The largest absolute Gasteiger partial charge is 0.463 e. The fraction of sp³-hybridized carbons (Fsp3) is 0.500. The Morgan fingerprint density at radius 3 is 2.48 bits per heavy atom. The molecule has 0 amide bonds. The molecule has 1 aromatic carbocycles. The van der Waals surface area contributed by atoms with Crippen LogP contribution in [0.25, 0.3) is 0 Å². The molecule has 0 aromatic heterocycles. The number of rotatable bonds is 12. The van der Waals surface area contributed by atoms with Crippen LogP contribution in [0.2, 0.25) is 5.02 Å². The molecule has 4 atom stereocenters. The lowest BCUT2D eigenvalue weighted by Gasteiger charge is -2.31. The van der Waals surface area contributed by atoms with Gasteiger partial charge in [0.25, 0.3) is 6.47 Å². The van der Waals surface area contributed by atoms with E-state index in [4.69, 9.17) is 36.3 Å². The monoisotopic (exact) mass is 451 g/mol. The Morgan fingerprint density at radius 2 is 1.97 bits per heavy atom. The second-order valence-corrected chi connectivity index (χ2v) is 7.44. The summed E-state index contributed by atoms with van der Waals surface area (Å²) < 4.78 is 34.5. The summed E-state index contributed by atoms with van der Waals surface area (Å²) in [6.07, 6.45) is -2.58. The Morgan fingerprint density at radius 1 is 1.28 bits per heavy atom. The molecule has 0 bridgehead atoms. The third-order valence-corrected chi connectivity index (χ3v) is 5.01. The first-order valence-electron chi connectivity index (χ1n) is 8.54. The predicted molar refractivity (Wildman–Crippen MR) is 104 cm³/mol. The van der Waals surface area contributed by atoms with Crippen molar-refractivity contribution in [3.05, 3.63) is 29.0 Å². The van der Waals surface area contributed by atoms with Gasteiger partial charge >= 0.3 is 11.9 Å². The molecule has 0 aliphatic carbocycles. The smallest absolute Gasteiger partial charge is 0.302 e. The van der Waals surface area contributed by atoms with Crippen molar-refractivity contribution in [3.8, 4) is 0 Å². The maximum absolute atomic E-state index is 13.4. The van der Waals surface area contributed by atoms with Gasteiger partial charge in [-0.15, -0.1) is 0 Å². The molecule has 1 rings (SSSR count). The molecule has 29 heavy (non-hydrogen) atoms. The van der Waals surface area contributed by atoms with Crippen molar-refractivity contribution in [1.29, 1.82) is 0 Å². The van der Waals surface area contributed by atoms with Gasteiger partial charge < -0.3 is 24.7 Å². The third-order valence-electron chi connectivity index (χ3n) is 3.54. The number of halogens is 2. The second kappa shape index (κ2) is 12.6. The summed E-state index contributed by atoms with van der Waals surface area (Å²) in [5.74, 6) is -1.70. The molecule has 0 saturated carbocycles. The van der Waals surface area contributed by atoms with E-state index in [0.717, 1.165) is 11.8 Å². The molecule has 1 aromatic rings. The molecule has 0 heterocycles. The first-order chi connectivity index (χ1) is 13.7. The first-order valence-corrected chi connectivity index (χ1v) is 9.80. The van der Waals surface area contributed by atoms with Crippen LogP contribution in [0.4, 0.5) is 4.39 Å². The zero-order valence-electron chi connectivity index (χ0n) is 16.1. The average molecular weight is 452 g/mol. The normalized spacial score (nSPS) is 15.0. The molecule has 8 nitrogen and oxygen atoms in total. The van der Waals surface area contributed by atoms with Crippen molar-refractivity contribution in [2.45, 2.75) is 49.4 Å². The lowest BCUT2D eigenvalue weighted by Crippen LogP contribution is -2.43. The number of benzene rings is 1. The number of hydrogen-bond donors (Lipinski definition) is 1. The van der Waals surface area contributed by atoms with E-state index in [2.05, 4.69) is 0 Å². The molecule has 11 heteroatoms. The summed E-state index contributed by atoms with van der Waals surface area (Å²) in [6.45, 7) is 3.92. The molecule has 0 aliphatic heterocycles. The first kappa shape index (κ1) is 25.2. The van der Waals surface area contributed by atoms with Crippen LogP contribution in [0, 0.1) is 5.82 Å². The zero-order chi connectivity index (χ0) is 22.0. The van der Waals surface area contributed by atoms with Crippen LogP contribution in [0.5, 0.6) is 0 Å². The molecule has 0 saturated heterocycles. The van der Waals surface area contributed by atoms with E-state index < -0.39 is 41.5 Å². The average Bonchev–Trinajstić information content (AvgIpc) is 2.64. The fourth-order valence-corrected chi connectivity index (χ4v) is 3.54. The van der Waals surface area contributed by atoms with Crippen LogP contribution < -0.4 is 5.73 Å². The van der Waals surface area contributed by atoms with Gasteiger partial charge in [-0.2, -0.15) is 0 Å². The zero-order valence-corrected chi connectivity index (χ0v) is 17.7. The van der Waals surface area contributed by atoms with Crippen LogP contribution in [0.1, 0.15) is 20.8 Å². The van der Waals surface area contributed by atoms with Gasteiger partial charge in [-0.05, 0) is 25.1 Å². The van der Waals surface area contributed by atoms with Crippen LogP contribution in [-0.2, 0) is 33.3 Å². The lowest BCUT2D eigenvalue weighted by molar-refractivity contribution is -0.167. The number of esters is 2. The minimum Gasteiger partial charge on any atom is -0.463 e. The van der Waals surface area contributed by atoms with Crippen LogP contribution in [0.15, 0.2) is 23.1 Å². The maximum Gasteiger partial charge on any atom is 0.302 e. The van der Waals surface area contributed by atoms with Gasteiger partial charge in [0.2, 0.25) is 0 Å². The fourth-order valence-electron chi connectivity index (χ4n) is 2.17. The Hall–Kier alpha value is -1.88. The van der Waals surface area contributed by atoms with Crippen molar-refractivity contribution in [2.75, 3.05) is 13.2 Å². The summed E-state index contributed by atoms with van der Waals surface area (Å²) in [6, 6.07) is 4.02. The van der Waals surface area contributed by atoms with Gasteiger partial charge in [-0.25, -0.2) is 4.39 Å². The molecule has 4 unspecified atom stereocenters. The van der Waals surface area contributed by atoms with Crippen molar-refractivity contribution >= 4 is 41.8 Å². The summed E-state index contributed by atoms with van der Waals surface area (Å²) in [7, 11) is 0. The number of carbonyl (C=O) groups excluding carboxylic acids is 3. The maximum atomic E-state index is 13.4. The SMILES string of the molecule is CC(=O)OCC(OC(Sc1ccc(F)c(Cl)c1)C(CN)OC=O)C(C)OC(C)=O. The number of nitrogens with two attached hydrogens (primary N) is 1. The summed E-state index contributed by atoms with van der Waals surface area (Å²) >= 11 is 6.88. The van der Waals surface area contributed by atoms with Gasteiger partial charge in [-0.1, -0.05) is 23.4 Å². The highest BCUT2D eigenvalue weighted by Crippen LogP contribution is 2.31. The van der Waals surface area contributed by atoms with Gasteiger partial charge in [0.15, 0.2) is 0 Å². The van der Waals surface area contributed by atoms with Crippen LogP contribution in [0.3, 0.4) is 0 Å². The molecular formula is C18H23ClFNO7S. The van der Waals surface area contributed by atoms with Gasteiger partial charge in [0.1, 0.15) is 36.2 Å². The standard InChI is InChI=1S/C18H23ClFNO7S/c1-10(27-12(3)24)17(8-25-11(2)23)28-18(16(7-21)26-9-22)29-13-4-5-15(20)14(19)6-13/h4-6,9-10,16-18H,7-8,21H2,1-3H3. The Kier molecular flexibility index (Phi) is 11.0. The topological polar surface area (TPSA) is 114 Å².